The summed E-state index contributed by atoms with van der Waals surface area (Å²) in [6.07, 6.45) is -0.392. The van der Waals surface area contributed by atoms with Crippen LogP contribution in [-0.4, -0.2) is 75.3 Å². The molecule has 0 aliphatic carbocycles. The van der Waals surface area contributed by atoms with Crippen LogP contribution in [0.15, 0.2) is 53.1 Å². The molecule has 41 heavy (non-hydrogen) atoms. The molecule has 0 radical (unpaired) electrons. The molecule has 0 bridgehead atoms. The Morgan fingerprint density at radius 2 is 1.88 bits per heavy atom. The van der Waals surface area contributed by atoms with Crippen LogP contribution in [0.25, 0.3) is 22.0 Å². The standard InChI is InChI=1S/C32H38N4O5/c1-19-15-36(20(2)17-37)32(39)30-29(25-13-9-10-14-26(25)35(30)6)24-12-8-7-11-23(24)18-40-27(19)16-34(5)31(38)28-21(3)33-41-22(28)4/h7-14,19-20,27,37H,15-18H2,1-6H3/t19-,20+,27+/m1/s1. The summed E-state index contributed by atoms with van der Waals surface area (Å²) in [5, 5.41) is 15.1. The van der Waals surface area contributed by atoms with E-state index in [1.165, 1.54) is 0 Å². The van der Waals surface area contributed by atoms with Crippen LogP contribution in [0.5, 0.6) is 0 Å². The van der Waals surface area contributed by atoms with Crippen molar-refractivity contribution < 1.29 is 24.0 Å². The number of benzene rings is 2. The number of carbonyl (C=O) groups excluding carboxylic acids is 2. The molecule has 2 amide bonds. The summed E-state index contributed by atoms with van der Waals surface area (Å²) in [5.41, 5.74) is 5.28. The van der Waals surface area contributed by atoms with Gasteiger partial charge < -0.3 is 28.7 Å². The van der Waals surface area contributed by atoms with E-state index in [0.29, 0.717) is 42.4 Å². The van der Waals surface area contributed by atoms with Crippen LogP contribution in [0.1, 0.15) is 51.7 Å². The normalized spacial score (nSPS) is 18.5. The fourth-order valence-electron chi connectivity index (χ4n) is 5.86. The van der Waals surface area contributed by atoms with Crippen molar-refractivity contribution in [1.82, 2.24) is 19.5 Å². The maximum atomic E-state index is 14.5. The van der Waals surface area contributed by atoms with Crippen LogP contribution in [0, 0.1) is 19.8 Å². The van der Waals surface area contributed by atoms with Crippen LogP contribution in [-0.2, 0) is 18.4 Å². The second-order valence-electron chi connectivity index (χ2n) is 11.2. The first-order valence-corrected chi connectivity index (χ1v) is 14.0. The molecule has 4 aromatic rings. The monoisotopic (exact) mass is 558 g/mol. The molecule has 0 spiro atoms. The third-order valence-electron chi connectivity index (χ3n) is 8.27. The smallest absolute Gasteiger partial charge is 0.271 e. The van der Waals surface area contributed by atoms with Gasteiger partial charge in [0.1, 0.15) is 17.0 Å². The van der Waals surface area contributed by atoms with Crippen molar-refractivity contribution in [3.05, 3.63) is 76.8 Å². The maximum Gasteiger partial charge on any atom is 0.271 e. The zero-order valence-electron chi connectivity index (χ0n) is 24.5. The maximum absolute atomic E-state index is 14.5. The zero-order valence-corrected chi connectivity index (χ0v) is 24.5. The third-order valence-corrected chi connectivity index (χ3v) is 8.27. The number of fused-ring (bicyclic) bond motifs is 5. The molecule has 3 atom stereocenters. The first-order valence-electron chi connectivity index (χ1n) is 14.0. The van der Waals surface area contributed by atoms with Crippen LogP contribution in [0.3, 0.4) is 0 Å². The molecule has 0 unspecified atom stereocenters. The van der Waals surface area contributed by atoms with Gasteiger partial charge >= 0.3 is 0 Å². The van der Waals surface area contributed by atoms with Gasteiger partial charge in [-0.2, -0.15) is 0 Å². The first-order chi connectivity index (χ1) is 19.6. The molecule has 2 aromatic carbocycles. The summed E-state index contributed by atoms with van der Waals surface area (Å²) in [6.45, 7) is 8.13. The lowest BCUT2D eigenvalue weighted by molar-refractivity contribution is -0.0210. The summed E-state index contributed by atoms with van der Waals surface area (Å²) >= 11 is 0. The van der Waals surface area contributed by atoms with Gasteiger partial charge in [0, 0.05) is 49.6 Å². The lowest BCUT2D eigenvalue weighted by atomic mass is 9.96. The van der Waals surface area contributed by atoms with Gasteiger partial charge in [-0.15, -0.1) is 0 Å². The SMILES string of the molecule is Cc1noc(C)c1C(=O)N(C)C[C@@H]1OCc2ccccc2-c2c(n(C)c3ccccc23)C(=O)N([C@@H](C)CO)C[C@H]1C. The van der Waals surface area contributed by atoms with Crippen LogP contribution in [0.4, 0.5) is 0 Å². The van der Waals surface area contributed by atoms with Gasteiger partial charge in [-0.1, -0.05) is 54.5 Å². The van der Waals surface area contributed by atoms with E-state index in [1.807, 2.05) is 74.0 Å². The number of aryl methyl sites for hydroxylation is 3. The van der Waals surface area contributed by atoms with Crippen molar-refractivity contribution in [1.29, 1.82) is 0 Å². The van der Waals surface area contributed by atoms with Gasteiger partial charge in [0.15, 0.2) is 0 Å². The Labute approximate surface area is 240 Å². The van der Waals surface area contributed by atoms with E-state index in [9.17, 15) is 14.7 Å². The molecule has 9 nitrogen and oxygen atoms in total. The third kappa shape index (κ3) is 5.15. The summed E-state index contributed by atoms with van der Waals surface area (Å²) in [5.74, 6) is -0.0236. The zero-order chi connectivity index (χ0) is 29.4. The quantitative estimate of drug-likeness (QED) is 0.385. The Bertz CT molecular complexity index is 1570. The summed E-state index contributed by atoms with van der Waals surface area (Å²) < 4.78 is 13.8. The van der Waals surface area contributed by atoms with E-state index in [2.05, 4.69) is 5.16 Å². The molecule has 0 fully saturated rings. The molecule has 0 saturated heterocycles. The van der Waals surface area contributed by atoms with E-state index in [1.54, 1.807) is 30.7 Å². The second kappa shape index (κ2) is 11.5. The number of carbonyl (C=O) groups is 2. The predicted octanol–water partition coefficient (Wildman–Crippen LogP) is 4.58. The predicted molar refractivity (Wildman–Crippen MR) is 157 cm³/mol. The fraction of sp³-hybridized carbons (Fsp3) is 0.406. The highest BCUT2D eigenvalue weighted by Gasteiger charge is 2.34. The lowest BCUT2D eigenvalue weighted by Crippen LogP contribution is -2.48. The molecule has 3 heterocycles. The number of hydrogen-bond donors (Lipinski definition) is 1. The van der Waals surface area contributed by atoms with Crippen LogP contribution >= 0.6 is 0 Å². The van der Waals surface area contributed by atoms with E-state index < -0.39 is 12.1 Å². The Hall–Kier alpha value is -3.95. The number of ether oxygens (including phenoxy) is 1. The first kappa shape index (κ1) is 28.6. The number of para-hydroxylation sites is 1. The topological polar surface area (TPSA) is 101 Å². The summed E-state index contributed by atoms with van der Waals surface area (Å²) in [6, 6.07) is 15.6. The molecule has 216 valence electrons. The van der Waals surface area contributed by atoms with Crippen molar-refractivity contribution in [3.8, 4) is 11.1 Å². The van der Waals surface area contributed by atoms with Crippen molar-refractivity contribution in [2.45, 2.75) is 46.4 Å². The highest BCUT2D eigenvalue weighted by atomic mass is 16.5. The van der Waals surface area contributed by atoms with E-state index in [-0.39, 0.29) is 24.3 Å². The lowest BCUT2D eigenvalue weighted by Gasteiger charge is -2.35. The van der Waals surface area contributed by atoms with Gasteiger partial charge in [0.2, 0.25) is 0 Å². The number of aliphatic hydroxyl groups is 1. The molecule has 1 aliphatic rings. The average molecular weight is 559 g/mol. The number of rotatable bonds is 5. The molecule has 9 heteroatoms. The Morgan fingerprint density at radius 1 is 1.17 bits per heavy atom. The Kier molecular flexibility index (Phi) is 8.02. The number of aliphatic hydroxyl groups excluding tert-OH is 1. The van der Waals surface area contributed by atoms with Crippen molar-refractivity contribution in [3.63, 3.8) is 0 Å². The minimum atomic E-state index is -0.422. The van der Waals surface area contributed by atoms with Gasteiger partial charge in [0.25, 0.3) is 11.8 Å². The number of hydrogen-bond acceptors (Lipinski definition) is 6. The fourth-order valence-corrected chi connectivity index (χ4v) is 5.86. The molecule has 5 rings (SSSR count). The number of likely N-dealkylation sites (N-methyl/N-ethyl adjacent to an activating group) is 1. The highest BCUT2D eigenvalue weighted by Crippen LogP contribution is 2.38. The van der Waals surface area contributed by atoms with Crippen LogP contribution < -0.4 is 0 Å². The van der Waals surface area contributed by atoms with Crippen molar-refractivity contribution in [2.75, 3.05) is 26.7 Å². The number of aromatic nitrogens is 2. The van der Waals surface area contributed by atoms with Crippen molar-refractivity contribution >= 4 is 22.7 Å². The minimum absolute atomic E-state index is 0.150. The van der Waals surface area contributed by atoms with Gasteiger partial charge in [-0.25, -0.2) is 0 Å². The minimum Gasteiger partial charge on any atom is -0.394 e. The molecule has 1 N–H and O–H groups in total. The van der Waals surface area contributed by atoms with Gasteiger partial charge in [-0.05, 0) is 38.0 Å². The average Bonchev–Trinajstić information content (AvgIpc) is 3.46. The Balaban J connectivity index is 1.60. The molecule has 0 saturated carbocycles. The highest BCUT2D eigenvalue weighted by molar-refractivity contribution is 6.10. The van der Waals surface area contributed by atoms with Crippen LogP contribution in [0.2, 0.25) is 0 Å². The largest absolute Gasteiger partial charge is 0.394 e. The summed E-state index contributed by atoms with van der Waals surface area (Å²) in [7, 11) is 3.66. The van der Waals surface area contributed by atoms with Gasteiger partial charge in [0.05, 0.1) is 31.1 Å². The number of amides is 2. The number of nitrogens with zero attached hydrogens (tertiary/aromatic N) is 4. The summed E-state index contributed by atoms with van der Waals surface area (Å²) in [4.78, 5) is 31.2. The molecular weight excluding hydrogens is 520 g/mol. The molecule has 2 aromatic heterocycles. The van der Waals surface area contributed by atoms with Gasteiger partial charge in [-0.3, -0.25) is 9.59 Å². The van der Waals surface area contributed by atoms with E-state index in [0.717, 1.165) is 27.6 Å². The molecule has 1 aliphatic heterocycles. The Morgan fingerprint density at radius 3 is 2.59 bits per heavy atom. The van der Waals surface area contributed by atoms with Crippen molar-refractivity contribution in [2.24, 2.45) is 13.0 Å². The molecular formula is C32H38N4O5. The van der Waals surface area contributed by atoms with E-state index >= 15 is 0 Å². The van der Waals surface area contributed by atoms with E-state index in [4.69, 9.17) is 9.26 Å². The second-order valence-corrected chi connectivity index (χ2v) is 11.2.